The van der Waals surface area contributed by atoms with E-state index in [0.717, 1.165) is 16.0 Å². The Morgan fingerprint density at radius 1 is 1.38 bits per heavy atom. The number of thioether (sulfide) groups is 1. The minimum Gasteiger partial charge on any atom is -0.394 e. The summed E-state index contributed by atoms with van der Waals surface area (Å²) in [6, 6.07) is 7.88. The number of aliphatic hydroxyl groups is 2. The Morgan fingerprint density at radius 2 is 2.08 bits per heavy atom. The summed E-state index contributed by atoms with van der Waals surface area (Å²) in [7, 11) is 0. The van der Waals surface area contributed by atoms with Crippen molar-refractivity contribution in [3.8, 4) is 11.3 Å². The average Bonchev–Trinajstić information content (AvgIpc) is 2.97. The van der Waals surface area contributed by atoms with Crippen molar-refractivity contribution in [3.63, 3.8) is 0 Å². The molecule has 1 aromatic heterocycles. The predicted octanol–water partition coefficient (Wildman–Crippen LogP) is 1.58. The van der Waals surface area contributed by atoms with Gasteiger partial charge >= 0.3 is 5.69 Å². The normalized spacial score (nSPS) is 23.6. The van der Waals surface area contributed by atoms with Crippen molar-refractivity contribution in [2.45, 2.75) is 36.7 Å². The molecule has 3 atom stereocenters. The van der Waals surface area contributed by atoms with E-state index in [1.165, 1.54) is 4.57 Å². The van der Waals surface area contributed by atoms with Gasteiger partial charge < -0.3 is 14.9 Å². The van der Waals surface area contributed by atoms with E-state index >= 15 is 0 Å². The molecule has 2 aromatic rings. The molecule has 0 unspecified atom stereocenters. The zero-order chi connectivity index (χ0) is 17.3. The highest BCUT2D eigenvalue weighted by Crippen LogP contribution is 2.29. The third-order valence-corrected chi connectivity index (χ3v) is 4.94. The van der Waals surface area contributed by atoms with Gasteiger partial charge in [-0.25, -0.2) is 4.79 Å². The number of aliphatic hydroxyl groups excluding tert-OH is 2. The summed E-state index contributed by atoms with van der Waals surface area (Å²) in [6.07, 6.45) is 1.91. The smallest absolute Gasteiger partial charge is 0.350 e. The first kappa shape index (κ1) is 17.2. The quantitative estimate of drug-likeness (QED) is 0.816. The molecule has 128 valence electrons. The lowest BCUT2D eigenvalue weighted by Gasteiger charge is -2.16. The molecule has 0 spiro atoms. The standard InChI is InChI=1S/C17H20N2O4S/c1-10-8-19(15-7-13(21)14(9-20)23-15)17(22)18-16(10)11-3-5-12(24-2)6-4-11/h3-6,8,13-15,20-21H,7,9H2,1-2H3/t13-,14+,15+/m0/s1. The van der Waals surface area contributed by atoms with Crippen LogP contribution in [0.3, 0.4) is 0 Å². The van der Waals surface area contributed by atoms with Crippen molar-refractivity contribution >= 4 is 11.8 Å². The summed E-state index contributed by atoms with van der Waals surface area (Å²) in [4.78, 5) is 17.7. The molecular weight excluding hydrogens is 328 g/mol. The second kappa shape index (κ2) is 7.06. The second-order valence-corrected chi connectivity index (χ2v) is 6.69. The van der Waals surface area contributed by atoms with Gasteiger partial charge in [-0.15, -0.1) is 11.8 Å². The van der Waals surface area contributed by atoms with Gasteiger partial charge in [-0.1, -0.05) is 12.1 Å². The SMILES string of the molecule is CSc1ccc(-c2nc(=O)n([C@H]3C[C@H](O)[C@@H](CO)O3)cc2C)cc1. The van der Waals surface area contributed by atoms with Crippen molar-refractivity contribution in [1.82, 2.24) is 9.55 Å². The number of aromatic nitrogens is 2. The molecule has 0 amide bonds. The Hall–Kier alpha value is -1.67. The van der Waals surface area contributed by atoms with Crippen molar-refractivity contribution in [2.75, 3.05) is 12.9 Å². The molecule has 0 bridgehead atoms. The molecule has 2 heterocycles. The maximum Gasteiger partial charge on any atom is 0.350 e. The Balaban J connectivity index is 1.93. The molecule has 6 nitrogen and oxygen atoms in total. The van der Waals surface area contributed by atoms with E-state index in [2.05, 4.69) is 4.98 Å². The first-order valence-corrected chi connectivity index (χ1v) is 8.94. The number of hydrogen-bond donors (Lipinski definition) is 2. The van der Waals surface area contributed by atoms with Gasteiger partial charge in [0.15, 0.2) is 0 Å². The number of hydrogen-bond acceptors (Lipinski definition) is 6. The topological polar surface area (TPSA) is 84.6 Å². The number of aryl methyl sites for hydroxylation is 1. The maximum absolute atomic E-state index is 12.4. The third-order valence-electron chi connectivity index (χ3n) is 4.19. The summed E-state index contributed by atoms with van der Waals surface area (Å²) in [5, 5.41) is 19.0. The lowest BCUT2D eigenvalue weighted by atomic mass is 10.1. The molecule has 0 saturated carbocycles. The highest BCUT2D eigenvalue weighted by molar-refractivity contribution is 7.98. The Morgan fingerprint density at radius 3 is 2.67 bits per heavy atom. The van der Waals surface area contributed by atoms with Gasteiger partial charge in [0.25, 0.3) is 0 Å². The van der Waals surface area contributed by atoms with E-state index in [1.807, 2.05) is 37.4 Å². The molecule has 1 aromatic carbocycles. The Labute approximate surface area is 144 Å². The molecule has 1 aliphatic heterocycles. The van der Waals surface area contributed by atoms with Crippen LogP contribution in [-0.2, 0) is 4.74 Å². The van der Waals surface area contributed by atoms with Crippen LogP contribution in [0.2, 0.25) is 0 Å². The fraction of sp³-hybridized carbons (Fsp3) is 0.412. The summed E-state index contributed by atoms with van der Waals surface area (Å²) in [6.45, 7) is 1.61. The fourth-order valence-corrected chi connectivity index (χ4v) is 3.27. The van der Waals surface area contributed by atoms with E-state index in [9.17, 15) is 15.0 Å². The zero-order valence-corrected chi connectivity index (χ0v) is 14.4. The molecule has 0 aliphatic carbocycles. The van der Waals surface area contributed by atoms with E-state index < -0.39 is 24.1 Å². The molecular formula is C17H20N2O4S. The van der Waals surface area contributed by atoms with Crippen LogP contribution in [0, 0.1) is 6.92 Å². The minimum absolute atomic E-state index is 0.258. The number of benzene rings is 1. The van der Waals surface area contributed by atoms with Gasteiger partial charge in [0.2, 0.25) is 0 Å². The van der Waals surface area contributed by atoms with E-state index in [4.69, 9.17) is 4.74 Å². The van der Waals surface area contributed by atoms with Crippen LogP contribution in [0.4, 0.5) is 0 Å². The molecule has 0 radical (unpaired) electrons. The van der Waals surface area contributed by atoms with Crippen LogP contribution in [0.25, 0.3) is 11.3 Å². The summed E-state index contributed by atoms with van der Waals surface area (Å²) in [5.41, 5.74) is 1.94. The van der Waals surface area contributed by atoms with Crippen molar-refractivity contribution in [3.05, 3.63) is 46.5 Å². The zero-order valence-electron chi connectivity index (χ0n) is 13.5. The summed E-state index contributed by atoms with van der Waals surface area (Å²) < 4.78 is 6.92. The number of nitrogens with zero attached hydrogens (tertiary/aromatic N) is 2. The Kier molecular flexibility index (Phi) is 5.05. The first-order valence-electron chi connectivity index (χ1n) is 7.72. The highest BCUT2D eigenvalue weighted by atomic mass is 32.2. The van der Waals surface area contributed by atoms with Crippen LogP contribution in [0.1, 0.15) is 18.2 Å². The number of ether oxygens (including phenoxy) is 1. The van der Waals surface area contributed by atoms with Crippen molar-refractivity contribution in [1.29, 1.82) is 0 Å². The van der Waals surface area contributed by atoms with Gasteiger partial charge in [-0.2, -0.15) is 4.98 Å². The van der Waals surface area contributed by atoms with Crippen LogP contribution in [0.15, 0.2) is 40.2 Å². The maximum atomic E-state index is 12.4. The minimum atomic E-state index is -0.786. The second-order valence-electron chi connectivity index (χ2n) is 5.81. The van der Waals surface area contributed by atoms with Gasteiger partial charge in [0, 0.05) is 23.1 Å². The Bertz CT molecular complexity index is 775. The third kappa shape index (κ3) is 3.25. The first-order chi connectivity index (χ1) is 11.5. The van der Waals surface area contributed by atoms with Crippen LogP contribution in [-0.4, -0.2) is 44.8 Å². The fourth-order valence-electron chi connectivity index (χ4n) is 2.86. The van der Waals surface area contributed by atoms with Gasteiger partial charge in [0.1, 0.15) is 12.3 Å². The van der Waals surface area contributed by atoms with E-state index in [-0.39, 0.29) is 13.0 Å². The molecule has 1 saturated heterocycles. The molecule has 2 N–H and O–H groups in total. The molecule has 7 heteroatoms. The van der Waals surface area contributed by atoms with Crippen LogP contribution >= 0.6 is 11.8 Å². The van der Waals surface area contributed by atoms with Crippen molar-refractivity contribution in [2.24, 2.45) is 0 Å². The van der Waals surface area contributed by atoms with Gasteiger partial charge in [-0.05, 0) is 30.9 Å². The van der Waals surface area contributed by atoms with E-state index in [1.54, 1.807) is 18.0 Å². The van der Waals surface area contributed by atoms with Gasteiger partial charge in [-0.3, -0.25) is 4.57 Å². The number of rotatable bonds is 4. The molecule has 1 fully saturated rings. The van der Waals surface area contributed by atoms with Crippen LogP contribution < -0.4 is 5.69 Å². The average molecular weight is 348 g/mol. The lowest BCUT2D eigenvalue weighted by Crippen LogP contribution is -2.28. The van der Waals surface area contributed by atoms with E-state index in [0.29, 0.717) is 5.69 Å². The van der Waals surface area contributed by atoms with Gasteiger partial charge in [0.05, 0.1) is 18.4 Å². The molecule has 1 aliphatic rings. The van der Waals surface area contributed by atoms with Crippen molar-refractivity contribution < 1.29 is 14.9 Å². The summed E-state index contributed by atoms with van der Waals surface area (Å²) in [5.74, 6) is 0. The molecule has 3 rings (SSSR count). The monoisotopic (exact) mass is 348 g/mol. The largest absolute Gasteiger partial charge is 0.394 e. The highest BCUT2D eigenvalue weighted by Gasteiger charge is 2.35. The molecule has 24 heavy (non-hydrogen) atoms. The predicted molar refractivity (Wildman–Crippen MR) is 92.1 cm³/mol. The summed E-state index contributed by atoms with van der Waals surface area (Å²) >= 11 is 1.65. The lowest BCUT2D eigenvalue weighted by molar-refractivity contribution is -0.0459. The van der Waals surface area contributed by atoms with Crippen LogP contribution in [0.5, 0.6) is 0 Å².